The lowest BCUT2D eigenvalue weighted by molar-refractivity contribution is -0.125. The zero-order valence-corrected chi connectivity index (χ0v) is 17.3. The number of nitrogens with one attached hydrogen (secondary N) is 1. The van der Waals surface area contributed by atoms with Crippen LogP contribution < -0.4 is 15.0 Å². The second-order valence-corrected chi connectivity index (χ2v) is 8.03. The quantitative estimate of drug-likeness (QED) is 0.647. The highest BCUT2D eigenvalue weighted by atomic mass is 32.1. The zero-order valence-electron chi connectivity index (χ0n) is 16.5. The van der Waals surface area contributed by atoms with Crippen molar-refractivity contribution < 1.29 is 9.53 Å². The van der Waals surface area contributed by atoms with Crippen LogP contribution in [0.4, 0.5) is 5.13 Å². The van der Waals surface area contributed by atoms with E-state index in [0.717, 1.165) is 47.4 Å². The Labute approximate surface area is 174 Å². The fourth-order valence-electron chi connectivity index (χ4n) is 3.64. The van der Waals surface area contributed by atoms with Gasteiger partial charge in [-0.05, 0) is 43.0 Å². The monoisotopic (exact) mass is 411 g/mol. The summed E-state index contributed by atoms with van der Waals surface area (Å²) in [7, 11) is 1.67. The minimum Gasteiger partial charge on any atom is -0.496 e. The van der Waals surface area contributed by atoms with Gasteiger partial charge in [-0.2, -0.15) is 0 Å². The summed E-state index contributed by atoms with van der Waals surface area (Å²) >= 11 is 1.55. The van der Waals surface area contributed by atoms with Gasteiger partial charge in [0.2, 0.25) is 16.2 Å². The van der Waals surface area contributed by atoms with Crippen molar-refractivity contribution in [3.8, 4) is 10.9 Å². The summed E-state index contributed by atoms with van der Waals surface area (Å²) in [6, 6.07) is 11.8. The molecular weight excluding hydrogens is 386 g/mol. The number of rotatable bonds is 7. The van der Waals surface area contributed by atoms with E-state index in [2.05, 4.69) is 20.4 Å². The van der Waals surface area contributed by atoms with Crippen LogP contribution in [0.2, 0.25) is 0 Å². The van der Waals surface area contributed by atoms with Crippen molar-refractivity contribution in [2.24, 2.45) is 5.92 Å². The number of ether oxygens (including phenoxy) is 1. The number of benzene rings is 1. The standard InChI is InChI=1S/C21H25N5O2S/c1-28-18-9-3-2-7-16(18)10-11-22-19(27)17-8-6-14-26(15-17)21-24-23-20(29-21)25-12-4-5-13-25/h2-5,7,9,12-13,17H,6,8,10-11,14-15H2,1H3,(H,22,27). The van der Waals surface area contributed by atoms with Gasteiger partial charge in [0.1, 0.15) is 5.75 Å². The van der Waals surface area contributed by atoms with Gasteiger partial charge in [-0.25, -0.2) is 0 Å². The van der Waals surface area contributed by atoms with Crippen LogP contribution in [0.3, 0.4) is 0 Å². The van der Waals surface area contributed by atoms with E-state index in [-0.39, 0.29) is 11.8 Å². The molecule has 1 unspecified atom stereocenters. The number of methoxy groups -OCH3 is 1. The molecule has 7 nitrogen and oxygen atoms in total. The number of anilines is 1. The minimum atomic E-state index is -0.0275. The van der Waals surface area contributed by atoms with E-state index in [4.69, 9.17) is 4.74 Å². The highest BCUT2D eigenvalue weighted by Gasteiger charge is 2.27. The van der Waals surface area contributed by atoms with E-state index in [0.29, 0.717) is 13.1 Å². The molecule has 1 aliphatic heterocycles. The normalized spacial score (nSPS) is 16.6. The molecule has 0 saturated carbocycles. The van der Waals surface area contributed by atoms with Gasteiger partial charge in [0.25, 0.3) is 0 Å². The molecule has 4 rings (SSSR count). The summed E-state index contributed by atoms with van der Waals surface area (Å²) in [5, 5.41) is 13.4. The lowest BCUT2D eigenvalue weighted by Crippen LogP contribution is -2.43. The Morgan fingerprint density at radius 2 is 2.00 bits per heavy atom. The lowest BCUT2D eigenvalue weighted by atomic mass is 9.97. The van der Waals surface area contributed by atoms with Gasteiger partial charge in [-0.15, -0.1) is 10.2 Å². The SMILES string of the molecule is COc1ccccc1CCNC(=O)C1CCCN(c2nnc(-n3cccc3)s2)C1. The summed E-state index contributed by atoms with van der Waals surface area (Å²) in [5.74, 6) is 0.945. The number of nitrogens with zero attached hydrogens (tertiary/aromatic N) is 4. The van der Waals surface area contributed by atoms with Crippen LogP contribution in [-0.4, -0.2) is 47.4 Å². The molecule has 1 aromatic carbocycles. The molecule has 29 heavy (non-hydrogen) atoms. The van der Waals surface area contributed by atoms with E-state index in [9.17, 15) is 4.79 Å². The van der Waals surface area contributed by atoms with Crippen LogP contribution in [0.1, 0.15) is 18.4 Å². The summed E-state index contributed by atoms with van der Waals surface area (Å²) in [6.45, 7) is 2.19. The number of hydrogen-bond acceptors (Lipinski definition) is 6. The van der Waals surface area contributed by atoms with E-state index < -0.39 is 0 Å². The van der Waals surface area contributed by atoms with Crippen LogP contribution in [0.5, 0.6) is 5.75 Å². The largest absolute Gasteiger partial charge is 0.496 e. The molecule has 1 fully saturated rings. The maximum absolute atomic E-state index is 12.7. The fraction of sp³-hybridized carbons (Fsp3) is 0.381. The Bertz CT molecular complexity index is 940. The molecule has 1 saturated heterocycles. The molecule has 1 aliphatic rings. The van der Waals surface area contributed by atoms with Crippen LogP contribution in [0.25, 0.3) is 5.13 Å². The second-order valence-electron chi connectivity index (χ2n) is 7.10. The predicted molar refractivity (Wildman–Crippen MR) is 114 cm³/mol. The summed E-state index contributed by atoms with van der Waals surface area (Å²) in [5.41, 5.74) is 1.10. The van der Waals surface area contributed by atoms with Crippen LogP contribution >= 0.6 is 11.3 Å². The van der Waals surface area contributed by atoms with Gasteiger partial charge in [0.05, 0.1) is 13.0 Å². The molecular formula is C21H25N5O2S. The van der Waals surface area contributed by atoms with Crippen molar-refractivity contribution in [2.45, 2.75) is 19.3 Å². The van der Waals surface area contributed by atoms with Gasteiger partial charge in [-0.1, -0.05) is 29.5 Å². The van der Waals surface area contributed by atoms with E-state index >= 15 is 0 Å². The highest BCUT2D eigenvalue weighted by molar-refractivity contribution is 7.17. The third kappa shape index (κ3) is 4.59. The van der Waals surface area contributed by atoms with Crippen molar-refractivity contribution in [3.63, 3.8) is 0 Å². The average Bonchev–Trinajstić information content (AvgIpc) is 3.46. The number of hydrogen-bond donors (Lipinski definition) is 1. The number of piperidine rings is 1. The van der Waals surface area contributed by atoms with Gasteiger partial charge in [0, 0.05) is 32.0 Å². The summed E-state index contributed by atoms with van der Waals surface area (Å²) in [4.78, 5) is 14.9. The van der Waals surface area contributed by atoms with Crippen LogP contribution in [0, 0.1) is 5.92 Å². The van der Waals surface area contributed by atoms with Gasteiger partial charge < -0.3 is 15.0 Å². The minimum absolute atomic E-state index is 0.0275. The first kappa shape index (κ1) is 19.4. The number of para-hydroxylation sites is 1. The summed E-state index contributed by atoms with van der Waals surface area (Å²) in [6.07, 6.45) is 6.54. The first-order valence-corrected chi connectivity index (χ1v) is 10.7. The molecule has 1 atom stereocenters. The molecule has 0 radical (unpaired) electrons. The molecule has 152 valence electrons. The Morgan fingerprint density at radius 1 is 1.21 bits per heavy atom. The molecule has 3 heterocycles. The first-order chi connectivity index (χ1) is 14.2. The van der Waals surface area contributed by atoms with Gasteiger partial charge >= 0.3 is 0 Å². The molecule has 8 heteroatoms. The van der Waals surface area contributed by atoms with Crippen molar-refractivity contribution >= 4 is 22.4 Å². The van der Waals surface area contributed by atoms with Gasteiger partial charge in [-0.3, -0.25) is 9.36 Å². The molecule has 2 aromatic heterocycles. The molecule has 0 aliphatic carbocycles. The lowest BCUT2D eigenvalue weighted by Gasteiger charge is -2.31. The Kier molecular flexibility index (Phi) is 6.09. The van der Waals surface area contributed by atoms with Crippen LogP contribution in [-0.2, 0) is 11.2 Å². The topological polar surface area (TPSA) is 72.3 Å². The van der Waals surface area contributed by atoms with Crippen LogP contribution in [0.15, 0.2) is 48.8 Å². The molecule has 1 amide bonds. The molecule has 1 N–H and O–H groups in total. The van der Waals surface area contributed by atoms with E-state index in [1.807, 2.05) is 53.4 Å². The van der Waals surface area contributed by atoms with E-state index in [1.54, 1.807) is 18.4 Å². The number of carbonyl (C=O) groups is 1. The Balaban J connectivity index is 1.31. The zero-order chi connectivity index (χ0) is 20.1. The second kappa shape index (κ2) is 9.09. The molecule has 0 spiro atoms. The number of aromatic nitrogens is 3. The van der Waals surface area contributed by atoms with E-state index in [1.165, 1.54) is 0 Å². The maximum Gasteiger partial charge on any atom is 0.224 e. The van der Waals surface area contributed by atoms with Crippen molar-refractivity contribution in [2.75, 3.05) is 31.6 Å². The van der Waals surface area contributed by atoms with Gasteiger partial charge in [0.15, 0.2) is 0 Å². The Hall–Kier alpha value is -2.87. The molecule has 3 aromatic rings. The Morgan fingerprint density at radius 3 is 2.83 bits per heavy atom. The third-order valence-electron chi connectivity index (χ3n) is 5.18. The maximum atomic E-state index is 12.7. The van der Waals surface area contributed by atoms with Crippen molar-refractivity contribution in [3.05, 3.63) is 54.4 Å². The number of amides is 1. The summed E-state index contributed by atoms with van der Waals surface area (Å²) < 4.78 is 7.33. The van der Waals surface area contributed by atoms with Crippen molar-refractivity contribution in [1.29, 1.82) is 0 Å². The predicted octanol–water partition coefficient (Wildman–Crippen LogP) is 2.91. The fourth-order valence-corrected chi connectivity index (χ4v) is 4.49. The third-order valence-corrected chi connectivity index (χ3v) is 6.18. The molecule has 0 bridgehead atoms. The first-order valence-electron chi connectivity index (χ1n) is 9.86. The highest BCUT2D eigenvalue weighted by Crippen LogP contribution is 2.28. The average molecular weight is 412 g/mol. The number of carbonyl (C=O) groups excluding carboxylic acids is 1. The smallest absolute Gasteiger partial charge is 0.224 e. The van der Waals surface area contributed by atoms with Crippen molar-refractivity contribution in [1.82, 2.24) is 20.1 Å².